The monoisotopic (exact) mass is 321 g/mol. The lowest BCUT2D eigenvalue weighted by atomic mass is 10.1. The van der Waals surface area contributed by atoms with Gasteiger partial charge in [0, 0.05) is 16.6 Å². The average molecular weight is 321 g/mol. The Morgan fingerprint density at radius 2 is 1.62 bits per heavy atom. The van der Waals surface area contributed by atoms with Gasteiger partial charge >= 0.3 is 0 Å². The van der Waals surface area contributed by atoms with Crippen LogP contribution < -0.4 is 14.8 Å². The number of ether oxygens (including phenoxy) is 2. The van der Waals surface area contributed by atoms with E-state index in [0.29, 0.717) is 0 Å². The largest absolute Gasteiger partial charge is 0.496 e. The van der Waals surface area contributed by atoms with Gasteiger partial charge in [0.25, 0.3) is 0 Å². The van der Waals surface area contributed by atoms with Crippen LogP contribution in [0, 0.1) is 6.92 Å². The van der Waals surface area contributed by atoms with Crippen LogP contribution in [0.5, 0.6) is 11.5 Å². The SMILES string of the molecule is COc1cccc(OC(C)CNc2cccc3ccccc23)c1C. The quantitative estimate of drug-likeness (QED) is 0.690. The topological polar surface area (TPSA) is 30.5 Å². The molecule has 3 rings (SSSR count). The zero-order valence-corrected chi connectivity index (χ0v) is 14.4. The van der Waals surface area contributed by atoms with E-state index in [2.05, 4.69) is 54.7 Å². The Morgan fingerprint density at radius 1 is 0.917 bits per heavy atom. The molecule has 0 aliphatic heterocycles. The first-order chi connectivity index (χ1) is 11.7. The van der Waals surface area contributed by atoms with Crippen molar-refractivity contribution in [2.24, 2.45) is 0 Å². The lowest BCUT2D eigenvalue weighted by molar-refractivity contribution is 0.232. The zero-order chi connectivity index (χ0) is 16.9. The molecule has 0 aliphatic rings. The van der Waals surface area contributed by atoms with Gasteiger partial charge in [-0.25, -0.2) is 0 Å². The van der Waals surface area contributed by atoms with E-state index in [1.54, 1.807) is 7.11 Å². The van der Waals surface area contributed by atoms with Gasteiger partial charge in [0.1, 0.15) is 17.6 Å². The maximum absolute atomic E-state index is 6.08. The van der Waals surface area contributed by atoms with Gasteiger partial charge in [-0.15, -0.1) is 0 Å². The summed E-state index contributed by atoms with van der Waals surface area (Å²) >= 11 is 0. The molecule has 3 heteroatoms. The summed E-state index contributed by atoms with van der Waals surface area (Å²) in [5, 5.41) is 5.96. The van der Waals surface area contributed by atoms with Gasteiger partial charge in [-0.1, -0.05) is 42.5 Å². The van der Waals surface area contributed by atoms with Crippen molar-refractivity contribution in [2.45, 2.75) is 20.0 Å². The molecular weight excluding hydrogens is 298 g/mol. The summed E-state index contributed by atoms with van der Waals surface area (Å²) in [5.41, 5.74) is 2.16. The van der Waals surface area contributed by atoms with Crippen LogP contribution in [0.15, 0.2) is 60.7 Å². The zero-order valence-electron chi connectivity index (χ0n) is 14.4. The lowest BCUT2D eigenvalue weighted by Gasteiger charge is -2.19. The Kier molecular flexibility index (Phi) is 4.90. The number of nitrogens with one attached hydrogen (secondary N) is 1. The third kappa shape index (κ3) is 3.46. The van der Waals surface area contributed by atoms with Crippen molar-refractivity contribution in [3.05, 3.63) is 66.2 Å². The van der Waals surface area contributed by atoms with Crippen molar-refractivity contribution in [3.8, 4) is 11.5 Å². The first-order valence-corrected chi connectivity index (χ1v) is 8.21. The molecule has 24 heavy (non-hydrogen) atoms. The number of rotatable bonds is 6. The number of hydrogen-bond donors (Lipinski definition) is 1. The molecule has 0 heterocycles. The van der Waals surface area contributed by atoms with Crippen LogP contribution in [0.4, 0.5) is 5.69 Å². The minimum atomic E-state index is 0.0368. The predicted octanol–water partition coefficient (Wildman–Crippen LogP) is 5.04. The fourth-order valence-corrected chi connectivity index (χ4v) is 2.83. The molecule has 1 unspecified atom stereocenters. The van der Waals surface area contributed by atoms with Crippen LogP contribution in [0.3, 0.4) is 0 Å². The summed E-state index contributed by atoms with van der Waals surface area (Å²) in [6, 6.07) is 20.6. The number of hydrogen-bond acceptors (Lipinski definition) is 3. The second kappa shape index (κ2) is 7.26. The Bertz CT molecular complexity index is 824. The van der Waals surface area contributed by atoms with Crippen LogP contribution in [-0.2, 0) is 0 Å². The molecule has 0 fully saturated rings. The maximum atomic E-state index is 6.08. The maximum Gasteiger partial charge on any atom is 0.126 e. The van der Waals surface area contributed by atoms with Crippen molar-refractivity contribution in [2.75, 3.05) is 19.0 Å². The van der Waals surface area contributed by atoms with Crippen LogP contribution in [0.1, 0.15) is 12.5 Å². The van der Waals surface area contributed by atoms with Gasteiger partial charge in [-0.3, -0.25) is 0 Å². The second-order valence-corrected chi connectivity index (χ2v) is 5.92. The number of benzene rings is 3. The van der Waals surface area contributed by atoms with E-state index >= 15 is 0 Å². The van der Waals surface area contributed by atoms with Gasteiger partial charge in [-0.2, -0.15) is 0 Å². The average Bonchev–Trinajstić information content (AvgIpc) is 2.61. The Hall–Kier alpha value is -2.68. The standard InChI is InChI=1S/C21H23NO2/c1-15(24-21-13-7-12-20(23-3)16(21)2)14-22-19-11-6-9-17-8-4-5-10-18(17)19/h4-13,15,22H,14H2,1-3H3. The minimum absolute atomic E-state index is 0.0368. The summed E-state index contributed by atoms with van der Waals surface area (Å²) in [4.78, 5) is 0. The van der Waals surface area contributed by atoms with Crippen molar-refractivity contribution in [1.82, 2.24) is 0 Å². The van der Waals surface area contributed by atoms with Crippen molar-refractivity contribution in [3.63, 3.8) is 0 Å². The number of fused-ring (bicyclic) bond motifs is 1. The van der Waals surface area contributed by atoms with E-state index in [1.807, 2.05) is 25.1 Å². The third-order valence-electron chi connectivity index (χ3n) is 4.15. The molecule has 0 saturated heterocycles. The molecule has 1 atom stereocenters. The third-order valence-corrected chi connectivity index (χ3v) is 4.15. The molecule has 0 spiro atoms. The molecule has 1 N–H and O–H groups in total. The first kappa shape index (κ1) is 16.2. The molecule has 0 aromatic heterocycles. The van der Waals surface area contributed by atoms with Crippen molar-refractivity contribution >= 4 is 16.5 Å². The van der Waals surface area contributed by atoms with Crippen LogP contribution in [-0.4, -0.2) is 19.8 Å². The molecule has 124 valence electrons. The van der Waals surface area contributed by atoms with E-state index in [0.717, 1.165) is 29.3 Å². The fourth-order valence-electron chi connectivity index (χ4n) is 2.83. The van der Waals surface area contributed by atoms with E-state index in [4.69, 9.17) is 9.47 Å². The van der Waals surface area contributed by atoms with Gasteiger partial charge < -0.3 is 14.8 Å². The smallest absolute Gasteiger partial charge is 0.126 e. The predicted molar refractivity (Wildman–Crippen MR) is 100 cm³/mol. The molecule has 3 nitrogen and oxygen atoms in total. The van der Waals surface area contributed by atoms with E-state index < -0.39 is 0 Å². The first-order valence-electron chi connectivity index (χ1n) is 8.21. The highest BCUT2D eigenvalue weighted by Gasteiger charge is 2.10. The summed E-state index contributed by atoms with van der Waals surface area (Å²) < 4.78 is 11.4. The van der Waals surface area contributed by atoms with Crippen LogP contribution in [0.25, 0.3) is 10.8 Å². The molecule has 3 aromatic carbocycles. The highest BCUT2D eigenvalue weighted by Crippen LogP contribution is 2.28. The Balaban J connectivity index is 1.68. The van der Waals surface area contributed by atoms with Gasteiger partial charge in [-0.05, 0) is 37.4 Å². The Labute approximate surface area is 143 Å². The van der Waals surface area contributed by atoms with Crippen LogP contribution in [0.2, 0.25) is 0 Å². The summed E-state index contributed by atoms with van der Waals surface area (Å²) in [6.07, 6.45) is 0.0368. The van der Waals surface area contributed by atoms with E-state index in [-0.39, 0.29) is 6.10 Å². The fraction of sp³-hybridized carbons (Fsp3) is 0.238. The highest BCUT2D eigenvalue weighted by molar-refractivity contribution is 5.93. The lowest BCUT2D eigenvalue weighted by Crippen LogP contribution is -2.23. The molecule has 3 aromatic rings. The molecule has 0 aliphatic carbocycles. The molecular formula is C21H23NO2. The molecule has 0 amide bonds. The second-order valence-electron chi connectivity index (χ2n) is 5.92. The number of methoxy groups -OCH3 is 1. The number of anilines is 1. The van der Waals surface area contributed by atoms with Gasteiger partial charge in [0.05, 0.1) is 13.7 Å². The van der Waals surface area contributed by atoms with Gasteiger partial charge in [0.2, 0.25) is 0 Å². The van der Waals surface area contributed by atoms with Gasteiger partial charge in [0.15, 0.2) is 0 Å². The Morgan fingerprint density at radius 3 is 2.46 bits per heavy atom. The molecule has 0 bridgehead atoms. The van der Waals surface area contributed by atoms with Crippen LogP contribution >= 0.6 is 0 Å². The summed E-state index contributed by atoms with van der Waals surface area (Å²) in [6.45, 7) is 4.81. The summed E-state index contributed by atoms with van der Waals surface area (Å²) in [5.74, 6) is 1.71. The molecule has 0 radical (unpaired) electrons. The highest BCUT2D eigenvalue weighted by atomic mass is 16.5. The normalized spacial score (nSPS) is 12.0. The minimum Gasteiger partial charge on any atom is -0.496 e. The van der Waals surface area contributed by atoms with E-state index in [1.165, 1.54) is 10.8 Å². The van der Waals surface area contributed by atoms with E-state index in [9.17, 15) is 0 Å². The molecule has 0 saturated carbocycles. The van der Waals surface area contributed by atoms with Crippen molar-refractivity contribution < 1.29 is 9.47 Å². The summed E-state index contributed by atoms with van der Waals surface area (Å²) in [7, 11) is 1.68. The van der Waals surface area contributed by atoms with Crippen molar-refractivity contribution in [1.29, 1.82) is 0 Å².